The third kappa shape index (κ3) is 5.15. The smallest absolute Gasteiger partial charge is 0.314 e. The molecule has 334 valence electrons. The number of hydrogen-bond donors (Lipinski definition) is 2. The van der Waals surface area contributed by atoms with Gasteiger partial charge in [0.2, 0.25) is 0 Å². The van der Waals surface area contributed by atoms with Crippen LogP contribution in [-0.4, -0.2) is 60.5 Å². The minimum atomic E-state index is -1.73. The summed E-state index contributed by atoms with van der Waals surface area (Å²) in [6.45, 7) is 11.8. The van der Waals surface area contributed by atoms with Crippen molar-refractivity contribution < 1.29 is 48.3 Å². The standard InChI is InChI=1S/C52H66O10/c1-47(2)41(43(55)61-39-19-17-37-35-13-9-27-25-29(53)11-15-31(27)33(35)21-23-49(37,39)5)51(47,45(57)59-7)52(46(58)60-8)42(48(52,3)4)44(56)62-40-20-18-38-36-14-10-28-26-30(54)12-16-32(28)34(36)22-24-50(38,40)6/h11-12,15-16,25-26,33-42,53-54H,9-10,13-14,17-24H2,1-8H3/t33-,34-,35-,36-,37+,38+,39+,40+,41?,42?,49+,50+,51+,52+/m1/s1. The predicted octanol–water partition coefficient (Wildman–Crippen LogP) is 8.96. The molecule has 8 aliphatic rings. The number of phenolic OH excluding ortho intramolecular Hbond substituents is 2. The summed E-state index contributed by atoms with van der Waals surface area (Å²) < 4.78 is 24.4. The first-order chi connectivity index (χ1) is 29.4. The molecule has 2 aromatic rings. The number of phenols is 2. The van der Waals surface area contributed by atoms with Gasteiger partial charge >= 0.3 is 23.9 Å². The molecular formula is C52H66O10. The highest BCUT2D eigenvalue weighted by Gasteiger charge is 3.00. The molecule has 10 nitrogen and oxygen atoms in total. The molecule has 0 aliphatic heterocycles. The number of hydrogen-bond acceptors (Lipinski definition) is 10. The Kier molecular flexibility index (Phi) is 9.27. The van der Waals surface area contributed by atoms with Crippen molar-refractivity contribution in [3.63, 3.8) is 0 Å². The Bertz CT molecular complexity index is 2090. The maximum absolute atomic E-state index is 14.9. The topological polar surface area (TPSA) is 146 Å². The molecule has 14 atom stereocenters. The first kappa shape index (κ1) is 41.9. The van der Waals surface area contributed by atoms with Crippen LogP contribution in [0.3, 0.4) is 0 Å². The molecule has 8 aliphatic carbocycles. The number of carbonyl (C=O) groups excluding carboxylic acids is 4. The van der Waals surface area contributed by atoms with E-state index in [2.05, 4.69) is 26.0 Å². The van der Waals surface area contributed by atoms with Crippen molar-refractivity contribution >= 4 is 23.9 Å². The molecule has 0 spiro atoms. The monoisotopic (exact) mass is 850 g/mol. The summed E-state index contributed by atoms with van der Waals surface area (Å²) in [6.07, 6.45) is 10.2. The SMILES string of the molecule is COC(=O)[C@@]1([C@]2(C(=O)OC)C(C(=O)O[C@H]3CC[C@H]4[C@@H]5CCc6cc(O)ccc6[C@H]5CC[C@]34C)C2(C)C)C(C(=O)O[C@H]2CC[C@H]3[C@@H]4CCc5cc(O)ccc5[C@H]4CC[C@]23C)C1(C)C. The summed E-state index contributed by atoms with van der Waals surface area (Å²) in [6, 6.07) is 11.6. The first-order valence-corrected chi connectivity index (χ1v) is 23.6. The maximum Gasteiger partial charge on any atom is 0.314 e. The van der Waals surface area contributed by atoms with Gasteiger partial charge in [0, 0.05) is 10.8 Å². The van der Waals surface area contributed by atoms with Gasteiger partial charge in [0.05, 0.1) is 26.1 Å². The number of aromatic hydroxyl groups is 2. The van der Waals surface area contributed by atoms with E-state index < -0.39 is 57.4 Å². The second-order valence-electron chi connectivity index (χ2n) is 22.6. The summed E-state index contributed by atoms with van der Waals surface area (Å²) in [5, 5.41) is 20.3. The van der Waals surface area contributed by atoms with Crippen LogP contribution in [0.15, 0.2) is 36.4 Å². The Morgan fingerprint density at radius 2 is 0.935 bits per heavy atom. The third-order valence-electron chi connectivity index (χ3n) is 20.0. The zero-order valence-corrected chi connectivity index (χ0v) is 37.9. The highest BCUT2D eigenvalue weighted by atomic mass is 16.6. The van der Waals surface area contributed by atoms with Gasteiger partial charge in [-0.3, -0.25) is 19.2 Å². The molecule has 0 aromatic heterocycles. The van der Waals surface area contributed by atoms with Crippen LogP contribution in [0.4, 0.5) is 0 Å². The fraction of sp³-hybridized carbons (Fsp3) is 0.692. The van der Waals surface area contributed by atoms with Crippen molar-refractivity contribution in [3.8, 4) is 11.5 Å². The first-order valence-electron chi connectivity index (χ1n) is 23.6. The van der Waals surface area contributed by atoms with Crippen LogP contribution in [0.5, 0.6) is 11.5 Å². The lowest BCUT2D eigenvalue weighted by atomic mass is 9.55. The molecule has 2 aromatic carbocycles. The summed E-state index contributed by atoms with van der Waals surface area (Å²) in [5.74, 6) is -1.52. The lowest BCUT2D eigenvalue weighted by Crippen LogP contribution is -2.47. The van der Waals surface area contributed by atoms with Crippen molar-refractivity contribution in [2.75, 3.05) is 14.2 Å². The van der Waals surface area contributed by atoms with Crippen LogP contribution in [0.25, 0.3) is 0 Å². The summed E-state index contributed by atoms with van der Waals surface area (Å²) in [7, 11) is 2.56. The lowest BCUT2D eigenvalue weighted by Gasteiger charge is -2.50. The molecule has 62 heavy (non-hydrogen) atoms. The average Bonchev–Trinajstić information content (AvgIpc) is 3.78. The van der Waals surface area contributed by atoms with Gasteiger partial charge in [0.25, 0.3) is 0 Å². The molecule has 0 saturated heterocycles. The maximum atomic E-state index is 14.9. The van der Waals surface area contributed by atoms with E-state index in [-0.39, 0.29) is 23.0 Å². The van der Waals surface area contributed by atoms with E-state index >= 15 is 0 Å². The zero-order chi connectivity index (χ0) is 44.1. The van der Waals surface area contributed by atoms with Crippen LogP contribution >= 0.6 is 0 Å². The molecule has 0 radical (unpaired) electrons. The molecule has 2 N–H and O–H groups in total. The van der Waals surface area contributed by atoms with E-state index in [0.29, 0.717) is 47.0 Å². The number of fused-ring (bicyclic) bond motifs is 10. The van der Waals surface area contributed by atoms with Gasteiger partial charge in [0.15, 0.2) is 0 Å². The average molecular weight is 851 g/mol. The number of methoxy groups -OCH3 is 2. The molecule has 6 saturated carbocycles. The Balaban J connectivity index is 0.907. The highest BCUT2D eigenvalue weighted by Crippen LogP contribution is 2.90. The largest absolute Gasteiger partial charge is 0.508 e. The van der Waals surface area contributed by atoms with Crippen LogP contribution in [0.1, 0.15) is 140 Å². The van der Waals surface area contributed by atoms with E-state index in [1.165, 1.54) is 36.5 Å². The van der Waals surface area contributed by atoms with Crippen LogP contribution in [-0.2, 0) is 51.0 Å². The van der Waals surface area contributed by atoms with Gasteiger partial charge in [-0.2, -0.15) is 0 Å². The quantitative estimate of drug-likeness (QED) is 0.205. The molecule has 2 unspecified atom stereocenters. The van der Waals surface area contributed by atoms with Crippen molar-refractivity contribution in [1.82, 2.24) is 0 Å². The van der Waals surface area contributed by atoms with Crippen LogP contribution < -0.4 is 0 Å². The Morgan fingerprint density at radius 1 is 0.548 bits per heavy atom. The number of rotatable bonds is 7. The van der Waals surface area contributed by atoms with Gasteiger partial charge in [-0.05, 0) is 170 Å². The van der Waals surface area contributed by atoms with E-state index in [0.717, 1.165) is 77.0 Å². The van der Waals surface area contributed by atoms with E-state index in [1.807, 2.05) is 39.8 Å². The van der Waals surface area contributed by atoms with E-state index in [4.69, 9.17) is 18.9 Å². The number of esters is 4. The molecular weight excluding hydrogens is 785 g/mol. The third-order valence-corrected chi connectivity index (χ3v) is 20.0. The minimum Gasteiger partial charge on any atom is -0.508 e. The fourth-order valence-electron chi connectivity index (χ4n) is 17.2. The minimum absolute atomic E-state index is 0.248. The Hall–Kier alpha value is -4.08. The molecule has 10 heteroatoms. The molecule has 0 bridgehead atoms. The fourth-order valence-corrected chi connectivity index (χ4v) is 17.2. The van der Waals surface area contributed by atoms with Crippen molar-refractivity contribution in [2.24, 2.45) is 68.0 Å². The lowest BCUT2D eigenvalue weighted by molar-refractivity contribution is -0.174. The number of aryl methyl sites for hydroxylation is 2. The number of benzene rings is 2. The second kappa shape index (κ2) is 13.7. The summed E-state index contributed by atoms with van der Waals surface area (Å²) in [4.78, 5) is 59.1. The van der Waals surface area contributed by atoms with Crippen molar-refractivity contribution in [2.45, 2.75) is 143 Å². The summed E-state index contributed by atoms with van der Waals surface area (Å²) in [5.41, 5.74) is -1.03. The van der Waals surface area contributed by atoms with Gasteiger partial charge in [-0.15, -0.1) is 0 Å². The molecule has 0 heterocycles. The normalized spacial score (nSPS) is 42.3. The van der Waals surface area contributed by atoms with Gasteiger partial charge in [0.1, 0.15) is 34.5 Å². The number of carbonyl (C=O) groups is 4. The summed E-state index contributed by atoms with van der Waals surface area (Å²) >= 11 is 0. The van der Waals surface area contributed by atoms with Gasteiger partial charge in [-0.1, -0.05) is 53.7 Å². The van der Waals surface area contributed by atoms with E-state index in [1.54, 1.807) is 12.1 Å². The Morgan fingerprint density at radius 3 is 1.31 bits per heavy atom. The van der Waals surface area contributed by atoms with Crippen molar-refractivity contribution in [3.05, 3.63) is 58.7 Å². The van der Waals surface area contributed by atoms with Gasteiger partial charge in [-0.25, -0.2) is 0 Å². The van der Waals surface area contributed by atoms with Gasteiger partial charge < -0.3 is 29.2 Å². The molecule has 6 fully saturated rings. The number of ether oxygens (including phenoxy) is 4. The highest BCUT2D eigenvalue weighted by molar-refractivity contribution is 6.05. The zero-order valence-electron chi connectivity index (χ0n) is 37.9. The van der Waals surface area contributed by atoms with Crippen molar-refractivity contribution in [1.29, 1.82) is 0 Å². The van der Waals surface area contributed by atoms with E-state index in [9.17, 15) is 29.4 Å². The molecule has 10 rings (SSSR count). The Labute approximate surface area is 366 Å². The molecule has 0 amide bonds. The van der Waals surface area contributed by atoms with Crippen LogP contribution in [0, 0.1) is 68.0 Å². The van der Waals surface area contributed by atoms with Crippen LogP contribution in [0.2, 0.25) is 0 Å². The second-order valence-corrected chi connectivity index (χ2v) is 22.6. The predicted molar refractivity (Wildman–Crippen MR) is 229 cm³/mol.